The van der Waals surface area contributed by atoms with E-state index in [0.29, 0.717) is 13.0 Å². The highest BCUT2D eigenvalue weighted by molar-refractivity contribution is 9.10. The van der Waals surface area contributed by atoms with Gasteiger partial charge in [-0.15, -0.1) is 0 Å². The first-order valence-electron chi connectivity index (χ1n) is 4.62. The third-order valence-electron chi connectivity index (χ3n) is 1.87. The monoisotopic (exact) mass is 310 g/mol. The van der Waals surface area contributed by atoms with Crippen LogP contribution in [0.15, 0.2) is 27.6 Å². The number of nitrogens with one attached hydrogen (secondary N) is 1. The molecule has 90 valence electrons. The van der Waals surface area contributed by atoms with E-state index in [1.165, 1.54) is 12.1 Å². The molecule has 0 saturated heterocycles. The summed E-state index contributed by atoms with van der Waals surface area (Å²) in [6.07, 6.45) is 0.540. The lowest BCUT2D eigenvalue weighted by Gasteiger charge is -2.06. The summed E-state index contributed by atoms with van der Waals surface area (Å²) in [4.78, 5) is -0.0924. The Balaban J connectivity index is 2.86. The summed E-state index contributed by atoms with van der Waals surface area (Å²) in [5, 5.41) is 0. The quantitative estimate of drug-likeness (QED) is 0.803. The Hall–Kier alpha value is -0.500. The summed E-state index contributed by atoms with van der Waals surface area (Å²) >= 11 is 2.95. The van der Waals surface area contributed by atoms with Crippen molar-refractivity contribution in [3.8, 4) is 0 Å². The number of hydrogen-bond donors (Lipinski definition) is 2. The second-order valence-electron chi connectivity index (χ2n) is 3.12. The van der Waals surface area contributed by atoms with Crippen molar-refractivity contribution >= 4 is 26.0 Å². The second-order valence-corrected chi connectivity index (χ2v) is 5.74. The van der Waals surface area contributed by atoms with Crippen LogP contribution in [0, 0.1) is 5.82 Å². The number of halogens is 2. The maximum Gasteiger partial charge on any atom is 0.240 e. The molecule has 0 aliphatic heterocycles. The lowest BCUT2D eigenvalue weighted by atomic mass is 10.3. The zero-order valence-electron chi connectivity index (χ0n) is 8.41. The fraction of sp³-hybridized carbons (Fsp3) is 0.333. The van der Waals surface area contributed by atoms with Crippen molar-refractivity contribution in [2.24, 2.45) is 5.73 Å². The Kier molecular flexibility index (Phi) is 4.85. The molecule has 1 aromatic carbocycles. The summed E-state index contributed by atoms with van der Waals surface area (Å²) in [6.45, 7) is 0.647. The topological polar surface area (TPSA) is 72.2 Å². The molecule has 7 heteroatoms. The van der Waals surface area contributed by atoms with Crippen LogP contribution in [0.1, 0.15) is 6.42 Å². The molecule has 0 aliphatic rings. The molecular formula is C9H12BrFN2O2S. The summed E-state index contributed by atoms with van der Waals surface area (Å²) in [5.41, 5.74) is 5.24. The Bertz CT molecular complexity index is 465. The third kappa shape index (κ3) is 3.51. The van der Waals surface area contributed by atoms with E-state index in [4.69, 9.17) is 5.73 Å². The lowest BCUT2D eigenvalue weighted by Crippen LogP contribution is -2.26. The molecule has 0 spiro atoms. The molecule has 0 atom stereocenters. The highest BCUT2D eigenvalue weighted by Crippen LogP contribution is 2.19. The molecule has 3 N–H and O–H groups in total. The zero-order valence-corrected chi connectivity index (χ0v) is 10.8. The molecular weight excluding hydrogens is 299 g/mol. The SMILES string of the molecule is NCCCNS(=O)(=O)c1ccc(Br)c(F)c1. The van der Waals surface area contributed by atoms with Crippen LogP contribution < -0.4 is 10.5 Å². The summed E-state index contributed by atoms with van der Waals surface area (Å²) < 4.78 is 39.0. The summed E-state index contributed by atoms with van der Waals surface area (Å²) in [5.74, 6) is -0.610. The Morgan fingerprint density at radius 1 is 1.44 bits per heavy atom. The van der Waals surface area contributed by atoms with Crippen LogP contribution in [0.2, 0.25) is 0 Å². The zero-order chi connectivity index (χ0) is 12.2. The first-order valence-corrected chi connectivity index (χ1v) is 6.90. The molecule has 0 heterocycles. The maximum atomic E-state index is 13.1. The van der Waals surface area contributed by atoms with Gasteiger partial charge in [0.2, 0.25) is 10.0 Å². The minimum atomic E-state index is -3.64. The van der Waals surface area contributed by atoms with E-state index in [9.17, 15) is 12.8 Å². The number of sulfonamides is 1. The number of hydrogen-bond acceptors (Lipinski definition) is 3. The number of nitrogens with two attached hydrogens (primary N) is 1. The van der Waals surface area contributed by atoms with Crippen LogP contribution in [-0.4, -0.2) is 21.5 Å². The van der Waals surface area contributed by atoms with Gasteiger partial charge in [-0.05, 0) is 47.1 Å². The van der Waals surface area contributed by atoms with Gasteiger partial charge in [0.05, 0.1) is 9.37 Å². The van der Waals surface area contributed by atoms with Crippen molar-refractivity contribution in [1.82, 2.24) is 4.72 Å². The van der Waals surface area contributed by atoms with Crippen LogP contribution in [0.4, 0.5) is 4.39 Å². The molecule has 0 bridgehead atoms. The van der Waals surface area contributed by atoms with Crippen LogP contribution in [-0.2, 0) is 10.0 Å². The van der Waals surface area contributed by atoms with Gasteiger partial charge < -0.3 is 5.73 Å². The van der Waals surface area contributed by atoms with Crippen molar-refractivity contribution < 1.29 is 12.8 Å². The third-order valence-corrected chi connectivity index (χ3v) is 3.98. The van der Waals surface area contributed by atoms with Gasteiger partial charge in [0.1, 0.15) is 5.82 Å². The van der Waals surface area contributed by atoms with Gasteiger partial charge in [0, 0.05) is 6.54 Å². The Morgan fingerprint density at radius 2 is 2.12 bits per heavy atom. The van der Waals surface area contributed by atoms with Gasteiger partial charge >= 0.3 is 0 Å². The van der Waals surface area contributed by atoms with Gasteiger partial charge in [-0.1, -0.05) is 0 Å². The minimum Gasteiger partial charge on any atom is -0.330 e. The summed E-state index contributed by atoms with van der Waals surface area (Å²) in [7, 11) is -3.64. The first-order chi connectivity index (χ1) is 7.47. The molecule has 0 fully saturated rings. The minimum absolute atomic E-state index is 0.0924. The average Bonchev–Trinajstić information content (AvgIpc) is 2.22. The van der Waals surface area contributed by atoms with Gasteiger partial charge in [0.25, 0.3) is 0 Å². The van der Waals surface area contributed by atoms with Gasteiger partial charge in [0.15, 0.2) is 0 Å². The van der Waals surface area contributed by atoms with Crippen molar-refractivity contribution in [3.63, 3.8) is 0 Å². The molecule has 1 aromatic rings. The first kappa shape index (κ1) is 13.6. The molecule has 0 amide bonds. The molecule has 4 nitrogen and oxygen atoms in total. The maximum absolute atomic E-state index is 13.1. The molecule has 0 aromatic heterocycles. The van der Waals surface area contributed by atoms with E-state index < -0.39 is 15.8 Å². The molecule has 0 saturated carbocycles. The fourth-order valence-corrected chi connectivity index (χ4v) is 2.37. The largest absolute Gasteiger partial charge is 0.330 e. The average molecular weight is 311 g/mol. The number of rotatable bonds is 5. The smallest absolute Gasteiger partial charge is 0.240 e. The second kappa shape index (κ2) is 5.72. The molecule has 0 unspecified atom stereocenters. The van der Waals surface area contributed by atoms with Crippen LogP contribution >= 0.6 is 15.9 Å². The van der Waals surface area contributed by atoms with E-state index in [0.717, 1.165) is 6.07 Å². The van der Waals surface area contributed by atoms with Crippen molar-refractivity contribution in [2.45, 2.75) is 11.3 Å². The molecule has 16 heavy (non-hydrogen) atoms. The number of benzene rings is 1. The van der Waals surface area contributed by atoms with Crippen molar-refractivity contribution in [1.29, 1.82) is 0 Å². The van der Waals surface area contributed by atoms with Crippen LogP contribution in [0.25, 0.3) is 0 Å². The van der Waals surface area contributed by atoms with Crippen LogP contribution in [0.5, 0.6) is 0 Å². The van der Waals surface area contributed by atoms with E-state index in [1.54, 1.807) is 0 Å². The van der Waals surface area contributed by atoms with Gasteiger partial charge in [-0.2, -0.15) is 0 Å². The van der Waals surface area contributed by atoms with Crippen molar-refractivity contribution in [3.05, 3.63) is 28.5 Å². The van der Waals surface area contributed by atoms with E-state index in [2.05, 4.69) is 20.7 Å². The predicted molar refractivity (Wildman–Crippen MR) is 63.0 cm³/mol. The molecule has 0 radical (unpaired) electrons. The molecule has 0 aliphatic carbocycles. The lowest BCUT2D eigenvalue weighted by molar-refractivity contribution is 0.575. The van der Waals surface area contributed by atoms with E-state index in [1.807, 2.05) is 0 Å². The summed E-state index contributed by atoms with van der Waals surface area (Å²) in [6, 6.07) is 3.65. The Morgan fingerprint density at radius 3 is 2.69 bits per heavy atom. The normalized spacial score (nSPS) is 11.7. The Labute approximate surface area is 102 Å². The van der Waals surface area contributed by atoms with E-state index >= 15 is 0 Å². The molecule has 1 rings (SSSR count). The fourth-order valence-electron chi connectivity index (χ4n) is 1.04. The highest BCUT2D eigenvalue weighted by Gasteiger charge is 2.14. The van der Waals surface area contributed by atoms with Crippen LogP contribution in [0.3, 0.4) is 0 Å². The van der Waals surface area contributed by atoms with Gasteiger partial charge in [-0.3, -0.25) is 0 Å². The van der Waals surface area contributed by atoms with Crippen molar-refractivity contribution in [2.75, 3.05) is 13.1 Å². The van der Waals surface area contributed by atoms with E-state index in [-0.39, 0.29) is 15.9 Å². The predicted octanol–water partition coefficient (Wildman–Crippen LogP) is 1.22. The standard InChI is InChI=1S/C9H12BrFN2O2S/c10-8-3-2-7(6-9(8)11)16(14,15)13-5-1-4-12/h2-3,6,13H,1,4-5,12H2. The highest BCUT2D eigenvalue weighted by atomic mass is 79.9. The van der Waals surface area contributed by atoms with Gasteiger partial charge in [-0.25, -0.2) is 17.5 Å².